The van der Waals surface area contributed by atoms with Crippen molar-refractivity contribution in [1.29, 1.82) is 0 Å². The Morgan fingerprint density at radius 3 is 2.21 bits per heavy atom. The molecule has 0 fully saturated rings. The van der Waals surface area contributed by atoms with E-state index in [2.05, 4.69) is 0 Å². The SMILES string of the molecule is O=C1c2ccccc2C(=O)N1CC[C@H](O)C[N+](=O)[O-]. The van der Waals surface area contributed by atoms with E-state index in [1.54, 1.807) is 24.3 Å². The van der Waals surface area contributed by atoms with Gasteiger partial charge in [-0.2, -0.15) is 0 Å². The number of fused-ring (bicyclic) bond motifs is 1. The lowest BCUT2D eigenvalue weighted by Gasteiger charge is -2.14. The van der Waals surface area contributed by atoms with Crippen LogP contribution in [0.4, 0.5) is 0 Å². The van der Waals surface area contributed by atoms with E-state index in [0.717, 1.165) is 4.90 Å². The van der Waals surface area contributed by atoms with Gasteiger partial charge in [-0.3, -0.25) is 24.6 Å². The summed E-state index contributed by atoms with van der Waals surface area (Å²) in [5, 5.41) is 19.6. The van der Waals surface area contributed by atoms with Crippen LogP contribution >= 0.6 is 0 Å². The van der Waals surface area contributed by atoms with Gasteiger partial charge in [-0.15, -0.1) is 0 Å². The first-order valence-electron chi connectivity index (χ1n) is 5.76. The molecule has 0 aliphatic carbocycles. The lowest BCUT2D eigenvalue weighted by Crippen LogP contribution is -2.34. The van der Waals surface area contributed by atoms with E-state index in [-0.39, 0.29) is 13.0 Å². The molecule has 1 aliphatic rings. The van der Waals surface area contributed by atoms with Gasteiger partial charge < -0.3 is 5.11 Å². The standard InChI is InChI=1S/C12H12N2O5/c15-8(7-14(18)19)5-6-13-11(16)9-3-1-2-4-10(9)12(13)17/h1-4,8,15H,5-7H2/t8-/m0/s1. The number of nitrogens with zero attached hydrogens (tertiary/aromatic N) is 2. The maximum atomic E-state index is 11.9. The first-order chi connectivity index (χ1) is 9.00. The third-order valence-electron chi connectivity index (χ3n) is 2.92. The fraction of sp³-hybridized carbons (Fsp3) is 0.333. The predicted octanol–water partition coefficient (Wildman–Crippen LogP) is 0.310. The number of nitro groups is 1. The molecule has 1 aromatic rings. The lowest BCUT2D eigenvalue weighted by atomic mass is 10.1. The fourth-order valence-electron chi connectivity index (χ4n) is 1.98. The van der Waals surface area contributed by atoms with Crippen LogP contribution in [-0.4, -0.2) is 45.9 Å². The Bertz CT molecular complexity index is 508. The number of carbonyl (C=O) groups is 2. The number of imide groups is 1. The van der Waals surface area contributed by atoms with Crippen molar-refractivity contribution in [3.05, 3.63) is 45.5 Å². The number of hydrogen-bond acceptors (Lipinski definition) is 5. The van der Waals surface area contributed by atoms with E-state index in [1.165, 1.54) is 0 Å². The summed E-state index contributed by atoms with van der Waals surface area (Å²) in [7, 11) is 0. The van der Waals surface area contributed by atoms with Crippen LogP contribution in [0.25, 0.3) is 0 Å². The first kappa shape index (κ1) is 13.2. The summed E-state index contributed by atoms with van der Waals surface area (Å²) >= 11 is 0. The summed E-state index contributed by atoms with van der Waals surface area (Å²) in [6, 6.07) is 6.44. The van der Waals surface area contributed by atoms with Crippen LogP contribution in [0.15, 0.2) is 24.3 Å². The highest BCUT2D eigenvalue weighted by Crippen LogP contribution is 2.22. The van der Waals surface area contributed by atoms with Gasteiger partial charge in [-0.1, -0.05) is 12.1 Å². The van der Waals surface area contributed by atoms with Crippen molar-refractivity contribution in [3.8, 4) is 0 Å². The normalized spacial score (nSPS) is 15.5. The predicted molar refractivity (Wildman–Crippen MR) is 64.3 cm³/mol. The van der Waals surface area contributed by atoms with Crippen molar-refractivity contribution in [2.75, 3.05) is 13.1 Å². The largest absolute Gasteiger partial charge is 0.386 e. The summed E-state index contributed by atoms with van der Waals surface area (Å²) < 4.78 is 0. The van der Waals surface area contributed by atoms with Crippen molar-refractivity contribution in [1.82, 2.24) is 4.90 Å². The number of aliphatic hydroxyl groups excluding tert-OH is 1. The molecule has 0 saturated heterocycles. The molecule has 1 heterocycles. The molecule has 0 radical (unpaired) electrons. The van der Waals surface area contributed by atoms with Crippen LogP contribution in [0.2, 0.25) is 0 Å². The number of aliphatic hydroxyl groups is 1. The molecule has 1 aromatic carbocycles. The van der Waals surface area contributed by atoms with Gasteiger partial charge >= 0.3 is 0 Å². The maximum absolute atomic E-state index is 11.9. The molecule has 1 atom stereocenters. The van der Waals surface area contributed by atoms with Crippen LogP contribution < -0.4 is 0 Å². The highest BCUT2D eigenvalue weighted by molar-refractivity contribution is 6.21. The topological polar surface area (TPSA) is 101 Å². The molecule has 7 heteroatoms. The molecule has 1 aliphatic heterocycles. The Balaban J connectivity index is 2.02. The number of benzene rings is 1. The third-order valence-corrected chi connectivity index (χ3v) is 2.92. The van der Waals surface area contributed by atoms with Crippen LogP contribution in [-0.2, 0) is 0 Å². The zero-order valence-electron chi connectivity index (χ0n) is 9.98. The molecule has 7 nitrogen and oxygen atoms in total. The molecular formula is C12H12N2O5. The Kier molecular flexibility index (Phi) is 3.57. The zero-order chi connectivity index (χ0) is 14.0. The summed E-state index contributed by atoms with van der Waals surface area (Å²) in [4.78, 5) is 34.4. The van der Waals surface area contributed by atoms with Crippen molar-refractivity contribution in [2.24, 2.45) is 0 Å². The van der Waals surface area contributed by atoms with Crippen LogP contribution in [0.5, 0.6) is 0 Å². The summed E-state index contributed by atoms with van der Waals surface area (Å²) in [5.74, 6) is -0.845. The van der Waals surface area contributed by atoms with E-state index < -0.39 is 29.4 Å². The molecular weight excluding hydrogens is 252 g/mol. The van der Waals surface area contributed by atoms with Crippen LogP contribution in [0, 0.1) is 10.1 Å². The second-order valence-corrected chi connectivity index (χ2v) is 4.27. The van der Waals surface area contributed by atoms with Gasteiger partial charge in [0.05, 0.1) is 11.1 Å². The molecule has 0 unspecified atom stereocenters. The van der Waals surface area contributed by atoms with E-state index in [1.807, 2.05) is 0 Å². The van der Waals surface area contributed by atoms with E-state index in [0.29, 0.717) is 11.1 Å². The minimum Gasteiger partial charge on any atom is -0.386 e. The van der Waals surface area contributed by atoms with Crippen molar-refractivity contribution in [2.45, 2.75) is 12.5 Å². The first-order valence-corrected chi connectivity index (χ1v) is 5.76. The number of carbonyl (C=O) groups excluding carboxylic acids is 2. The Labute approximate surface area is 108 Å². The van der Waals surface area contributed by atoms with Crippen molar-refractivity contribution in [3.63, 3.8) is 0 Å². The second kappa shape index (κ2) is 5.15. The minimum absolute atomic E-state index is 0.00749. The van der Waals surface area contributed by atoms with Gasteiger partial charge in [0.25, 0.3) is 11.8 Å². The number of amides is 2. The van der Waals surface area contributed by atoms with Gasteiger partial charge in [0.1, 0.15) is 6.10 Å². The van der Waals surface area contributed by atoms with Crippen LogP contribution in [0.3, 0.4) is 0 Å². The number of rotatable bonds is 5. The molecule has 0 aromatic heterocycles. The monoisotopic (exact) mass is 264 g/mol. The van der Waals surface area contributed by atoms with Gasteiger partial charge in [0, 0.05) is 11.5 Å². The molecule has 0 saturated carbocycles. The van der Waals surface area contributed by atoms with Gasteiger partial charge in [0.15, 0.2) is 0 Å². The smallest absolute Gasteiger partial charge is 0.261 e. The Hall–Kier alpha value is -2.28. The van der Waals surface area contributed by atoms with Crippen molar-refractivity contribution >= 4 is 11.8 Å². The highest BCUT2D eigenvalue weighted by atomic mass is 16.6. The summed E-state index contributed by atoms with van der Waals surface area (Å²) in [6.45, 7) is -0.621. The second-order valence-electron chi connectivity index (χ2n) is 4.27. The quantitative estimate of drug-likeness (QED) is 0.468. The zero-order valence-corrected chi connectivity index (χ0v) is 9.98. The highest BCUT2D eigenvalue weighted by Gasteiger charge is 2.35. The fourth-order valence-corrected chi connectivity index (χ4v) is 1.98. The molecule has 0 bridgehead atoms. The average molecular weight is 264 g/mol. The molecule has 0 spiro atoms. The molecule has 19 heavy (non-hydrogen) atoms. The molecule has 2 amide bonds. The average Bonchev–Trinajstić information content (AvgIpc) is 2.60. The van der Waals surface area contributed by atoms with Crippen molar-refractivity contribution < 1.29 is 19.6 Å². The summed E-state index contributed by atoms with van der Waals surface area (Å²) in [6.07, 6.45) is -1.17. The molecule has 100 valence electrons. The minimum atomic E-state index is -1.17. The van der Waals surface area contributed by atoms with Gasteiger partial charge in [-0.05, 0) is 18.6 Å². The van der Waals surface area contributed by atoms with Crippen LogP contribution in [0.1, 0.15) is 27.1 Å². The Morgan fingerprint density at radius 2 is 1.74 bits per heavy atom. The number of hydrogen-bond donors (Lipinski definition) is 1. The lowest BCUT2D eigenvalue weighted by molar-refractivity contribution is -0.490. The van der Waals surface area contributed by atoms with Gasteiger partial charge in [-0.25, -0.2) is 0 Å². The van der Waals surface area contributed by atoms with E-state index in [9.17, 15) is 24.8 Å². The molecule has 1 N–H and O–H groups in total. The molecule has 2 rings (SSSR count). The Morgan fingerprint density at radius 1 is 1.21 bits per heavy atom. The van der Waals surface area contributed by atoms with E-state index >= 15 is 0 Å². The third kappa shape index (κ3) is 2.60. The van der Waals surface area contributed by atoms with Gasteiger partial charge in [0.2, 0.25) is 6.54 Å². The van der Waals surface area contributed by atoms with E-state index in [4.69, 9.17) is 0 Å². The maximum Gasteiger partial charge on any atom is 0.261 e. The summed E-state index contributed by atoms with van der Waals surface area (Å²) in [5.41, 5.74) is 0.660.